The van der Waals surface area contributed by atoms with Gasteiger partial charge in [-0.3, -0.25) is 0 Å². The number of nitrogens with two attached hydrogens (primary N) is 1. The summed E-state index contributed by atoms with van der Waals surface area (Å²) < 4.78 is 0. The fraction of sp³-hybridized carbons (Fsp3) is 0.833. The smallest absolute Gasteiger partial charge is 0.0308 e. The van der Waals surface area contributed by atoms with Crippen molar-refractivity contribution in [2.45, 2.75) is 57.9 Å². The zero-order chi connectivity index (χ0) is 9.31. The fourth-order valence-corrected chi connectivity index (χ4v) is 2.92. The summed E-state index contributed by atoms with van der Waals surface area (Å²) in [5, 5.41) is 0. The molecule has 0 amide bonds. The van der Waals surface area contributed by atoms with E-state index < -0.39 is 0 Å². The molecule has 0 aromatic heterocycles. The lowest BCUT2D eigenvalue weighted by atomic mass is 9.77. The molecule has 0 spiro atoms. The van der Waals surface area contributed by atoms with Crippen molar-refractivity contribution in [3.05, 3.63) is 11.6 Å². The first-order chi connectivity index (χ1) is 6.22. The van der Waals surface area contributed by atoms with Crippen LogP contribution in [-0.2, 0) is 0 Å². The first-order valence-electron chi connectivity index (χ1n) is 5.67. The monoisotopic (exact) mass is 179 g/mol. The molecule has 0 aromatic rings. The summed E-state index contributed by atoms with van der Waals surface area (Å²) in [7, 11) is 0. The zero-order valence-electron chi connectivity index (χ0n) is 8.68. The van der Waals surface area contributed by atoms with Crippen LogP contribution >= 0.6 is 0 Å². The van der Waals surface area contributed by atoms with Crippen LogP contribution in [-0.4, -0.2) is 6.04 Å². The minimum absolute atomic E-state index is 0.359. The Bertz CT molecular complexity index is 211. The molecule has 0 aliphatic heterocycles. The highest BCUT2D eigenvalue weighted by molar-refractivity contribution is 5.18. The number of hydrogen-bond donors (Lipinski definition) is 1. The summed E-state index contributed by atoms with van der Waals surface area (Å²) in [6, 6.07) is 0.359. The molecular formula is C12H21N. The van der Waals surface area contributed by atoms with Crippen LogP contribution < -0.4 is 5.73 Å². The van der Waals surface area contributed by atoms with Crippen LogP contribution in [0.15, 0.2) is 11.6 Å². The third kappa shape index (κ3) is 1.67. The molecule has 13 heavy (non-hydrogen) atoms. The molecule has 2 aliphatic carbocycles. The minimum Gasteiger partial charge on any atom is -0.324 e. The van der Waals surface area contributed by atoms with E-state index >= 15 is 0 Å². The quantitative estimate of drug-likeness (QED) is 0.648. The van der Waals surface area contributed by atoms with Gasteiger partial charge in [-0.2, -0.15) is 0 Å². The van der Waals surface area contributed by atoms with Crippen LogP contribution in [0.2, 0.25) is 0 Å². The molecule has 2 N–H and O–H groups in total. The SMILES string of the molecule is CC1(C(N)C2=CCCC2)CCCC1. The van der Waals surface area contributed by atoms with Gasteiger partial charge in [-0.25, -0.2) is 0 Å². The van der Waals surface area contributed by atoms with Crippen molar-refractivity contribution in [3.8, 4) is 0 Å². The van der Waals surface area contributed by atoms with Gasteiger partial charge in [0.2, 0.25) is 0 Å². The van der Waals surface area contributed by atoms with E-state index in [1.807, 2.05) is 0 Å². The lowest BCUT2D eigenvalue weighted by molar-refractivity contribution is 0.286. The standard InChI is InChI=1S/C12H21N/c1-12(8-4-5-9-12)11(13)10-6-2-3-7-10/h6,11H,2-5,7-9,13H2,1H3. The molecule has 2 rings (SSSR count). The summed E-state index contributed by atoms with van der Waals surface area (Å²) in [6.07, 6.45) is 11.7. The van der Waals surface area contributed by atoms with Crippen LogP contribution in [0, 0.1) is 5.41 Å². The predicted octanol–water partition coefficient (Wildman–Crippen LogP) is 3.00. The predicted molar refractivity (Wildman–Crippen MR) is 56.5 cm³/mol. The second-order valence-electron chi connectivity index (χ2n) is 5.01. The highest BCUT2D eigenvalue weighted by Crippen LogP contribution is 2.43. The van der Waals surface area contributed by atoms with Gasteiger partial charge in [-0.15, -0.1) is 0 Å². The Morgan fingerprint density at radius 1 is 1.31 bits per heavy atom. The average molecular weight is 179 g/mol. The van der Waals surface area contributed by atoms with Gasteiger partial charge in [0.05, 0.1) is 0 Å². The Balaban J connectivity index is 2.06. The van der Waals surface area contributed by atoms with E-state index in [1.54, 1.807) is 5.57 Å². The summed E-state index contributed by atoms with van der Waals surface area (Å²) in [5.74, 6) is 0. The van der Waals surface area contributed by atoms with Gasteiger partial charge in [-0.1, -0.05) is 31.4 Å². The molecule has 1 unspecified atom stereocenters. The van der Waals surface area contributed by atoms with Gasteiger partial charge >= 0.3 is 0 Å². The number of rotatable bonds is 2. The highest BCUT2D eigenvalue weighted by atomic mass is 14.7. The maximum absolute atomic E-state index is 6.35. The van der Waals surface area contributed by atoms with E-state index in [4.69, 9.17) is 5.73 Å². The molecule has 1 fully saturated rings. The van der Waals surface area contributed by atoms with Gasteiger partial charge in [0.15, 0.2) is 0 Å². The fourth-order valence-electron chi connectivity index (χ4n) is 2.92. The third-order valence-corrected chi connectivity index (χ3v) is 3.97. The summed E-state index contributed by atoms with van der Waals surface area (Å²) in [5.41, 5.74) is 8.32. The molecule has 1 saturated carbocycles. The molecule has 74 valence electrons. The van der Waals surface area contributed by atoms with E-state index in [1.165, 1.54) is 44.9 Å². The molecule has 0 saturated heterocycles. The van der Waals surface area contributed by atoms with Gasteiger partial charge in [0, 0.05) is 6.04 Å². The molecule has 0 heterocycles. The third-order valence-electron chi connectivity index (χ3n) is 3.97. The molecule has 0 aromatic carbocycles. The first-order valence-corrected chi connectivity index (χ1v) is 5.67. The average Bonchev–Trinajstić information content (AvgIpc) is 2.73. The Morgan fingerprint density at radius 2 is 2.00 bits per heavy atom. The summed E-state index contributed by atoms with van der Waals surface area (Å²) in [4.78, 5) is 0. The minimum atomic E-state index is 0.359. The summed E-state index contributed by atoms with van der Waals surface area (Å²) in [6.45, 7) is 2.38. The maximum atomic E-state index is 6.35. The Hall–Kier alpha value is -0.300. The van der Waals surface area contributed by atoms with Crippen LogP contribution in [0.4, 0.5) is 0 Å². The van der Waals surface area contributed by atoms with Crippen molar-refractivity contribution in [2.24, 2.45) is 11.1 Å². The van der Waals surface area contributed by atoms with Crippen LogP contribution in [0.25, 0.3) is 0 Å². The van der Waals surface area contributed by atoms with Crippen molar-refractivity contribution in [2.75, 3.05) is 0 Å². The van der Waals surface area contributed by atoms with Crippen molar-refractivity contribution < 1.29 is 0 Å². The number of hydrogen-bond acceptors (Lipinski definition) is 1. The molecule has 2 aliphatic rings. The zero-order valence-corrected chi connectivity index (χ0v) is 8.68. The summed E-state index contributed by atoms with van der Waals surface area (Å²) >= 11 is 0. The lowest BCUT2D eigenvalue weighted by Crippen LogP contribution is -2.38. The van der Waals surface area contributed by atoms with Gasteiger partial charge < -0.3 is 5.73 Å². The topological polar surface area (TPSA) is 26.0 Å². The van der Waals surface area contributed by atoms with E-state index in [9.17, 15) is 0 Å². The van der Waals surface area contributed by atoms with Gasteiger partial charge in [-0.05, 0) is 37.5 Å². The lowest BCUT2D eigenvalue weighted by Gasteiger charge is -2.32. The molecular weight excluding hydrogens is 158 g/mol. The largest absolute Gasteiger partial charge is 0.324 e. The Labute approximate surface area is 81.4 Å². The molecule has 1 atom stereocenters. The normalized spacial score (nSPS) is 28.9. The molecule has 0 bridgehead atoms. The van der Waals surface area contributed by atoms with Crippen LogP contribution in [0.5, 0.6) is 0 Å². The number of allylic oxidation sites excluding steroid dienone is 1. The van der Waals surface area contributed by atoms with E-state index in [-0.39, 0.29) is 0 Å². The van der Waals surface area contributed by atoms with Crippen LogP contribution in [0.1, 0.15) is 51.9 Å². The molecule has 0 radical (unpaired) electrons. The Kier molecular flexibility index (Phi) is 2.46. The van der Waals surface area contributed by atoms with E-state index in [0.29, 0.717) is 11.5 Å². The first kappa shape index (κ1) is 9.26. The van der Waals surface area contributed by atoms with Crippen molar-refractivity contribution in [1.29, 1.82) is 0 Å². The second-order valence-corrected chi connectivity index (χ2v) is 5.01. The van der Waals surface area contributed by atoms with Gasteiger partial charge in [0.1, 0.15) is 0 Å². The van der Waals surface area contributed by atoms with Crippen molar-refractivity contribution in [1.82, 2.24) is 0 Å². The van der Waals surface area contributed by atoms with E-state index in [0.717, 1.165) is 0 Å². The molecule has 1 heteroatoms. The molecule has 1 nitrogen and oxygen atoms in total. The second kappa shape index (κ2) is 3.45. The van der Waals surface area contributed by atoms with Crippen LogP contribution in [0.3, 0.4) is 0 Å². The van der Waals surface area contributed by atoms with Crippen molar-refractivity contribution >= 4 is 0 Å². The van der Waals surface area contributed by atoms with Gasteiger partial charge in [0.25, 0.3) is 0 Å². The Morgan fingerprint density at radius 3 is 2.54 bits per heavy atom. The van der Waals surface area contributed by atoms with Crippen molar-refractivity contribution in [3.63, 3.8) is 0 Å². The van der Waals surface area contributed by atoms with E-state index in [2.05, 4.69) is 13.0 Å². The maximum Gasteiger partial charge on any atom is 0.0308 e. The highest BCUT2D eigenvalue weighted by Gasteiger charge is 2.36.